The molecule has 0 atom stereocenters. The molecule has 0 saturated carbocycles. The molecule has 2 aromatic rings. The summed E-state index contributed by atoms with van der Waals surface area (Å²) in [5, 5.41) is 3.31. The largest absolute Gasteiger partial charge is 0.484 e. The lowest BCUT2D eigenvalue weighted by atomic mass is 9.96. The monoisotopic (exact) mass is 373 g/mol. The van der Waals surface area contributed by atoms with E-state index in [4.69, 9.17) is 16.3 Å². The second kappa shape index (κ2) is 8.67. The Hall–Kier alpha value is -2.60. The fourth-order valence-electron chi connectivity index (χ4n) is 2.82. The van der Waals surface area contributed by atoms with Gasteiger partial charge >= 0.3 is 0 Å². The number of amides is 2. The van der Waals surface area contributed by atoms with Crippen LogP contribution in [0.25, 0.3) is 0 Å². The van der Waals surface area contributed by atoms with E-state index in [1.165, 1.54) is 6.20 Å². The Bertz CT molecular complexity index is 744. The van der Waals surface area contributed by atoms with Crippen molar-refractivity contribution in [3.8, 4) is 5.75 Å². The molecule has 0 aliphatic carbocycles. The maximum atomic E-state index is 12.3. The number of aromatic nitrogens is 1. The number of carbonyl (C=O) groups is 2. The van der Waals surface area contributed by atoms with E-state index in [2.05, 4.69) is 10.3 Å². The van der Waals surface area contributed by atoms with Crippen molar-refractivity contribution in [2.24, 2.45) is 5.92 Å². The van der Waals surface area contributed by atoms with Crippen LogP contribution in [0.2, 0.25) is 5.02 Å². The number of para-hydroxylation sites is 1. The Kier molecular flexibility index (Phi) is 6.07. The molecule has 2 heterocycles. The van der Waals surface area contributed by atoms with Crippen LogP contribution in [0.4, 0.5) is 5.82 Å². The molecule has 1 saturated heterocycles. The lowest BCUT2D eigenvalue weighted by Crippen LogP contribution is -2.43. The number of ether oxygens (including phenoxy) is 1. The fourth-order valence-corrected chi connectivity index (χ4v) is 2.93. The highest BCUT2D eigenvalue weighted by Crippen LogP contribution is 2.20. The van der Waals surface area contributed by atoms with Gasteiger partial charge in [-0.25, -0.2) is 4.98 Å². The first-order valence-corrected chi connectivity index (χ1v) is 8.87. The summed E-state index contributed by atoms with van der Waals surface area (Å²) in [7, 11) is 0. The summed E-state index contributed by atoms with van der Waals surface area (Å²) in [6, 6.07) is 12.6. The summed E-state index contributed by atoms with van der Waals surface area (Å²) in [5.74, 6) is 0.880. The van der Waals surface area contributed by atoms with Crippen LogP contribution in [0, 0.1) is 5.92 Å². The minimum absolute atomic E-state index is 0.00950. The van der Waals surface area contributed by atoms with Crippen LogP contribution in [0.5, 0.6) is 5.75 Å². The average molecular weight is 374 g/mol. The maximum absolute atomic E-state index is 12.3. The molecule has 1 N–H and O–H groups in total. The van der Waals surface area contributed by atoms with E-state index in [0.29, 0.717) is 42.5 Å². The maximum Gasteiger partial charge on any atom is 0.260 e. The van der Waals surface area contributed by atoms with E-state index in [0.717, 1.165) is 0 Å². The van der Waals surface area contributed by atoms with Crippen molar-refractivity contribution < 1.29 is 14.3 Å². The van der Waals surface area contributed by atoms with E-state index in [1.54, 1.807) is 17.0 Å². The minimum atomic E-state index is -0.133. The van der Waals surface area contributed by atoms with Crippen LogP contribution in [0.15, 0.2) is 48.7 Å². The van der Waals surface area contributed by atoms with Crippen LogP contribution in [0.3, 0.4) is 0 Å². The smallest absolute Gasteiger partial charge is 0.260 e. The minimum Gasteiger partial charge on any atom is -0.484 e. The highest BCUT2D eigenvalue weighted by molar-refractivity contribution is 6.30. The third-order valence-corrected chi connectivity index (χ3v) is 4.53. The average Bonchev–Trinajstić information content (AvgIpc) is 2.69. The standard InChI is InChI=1S/C19H20ClN3O3/c20-15-6-7-17(21-12-15)22-19(25)14-8-10-23(11-9-14)18(24)13-26-16-4-2-1-3-5-16/h1-7,12,14H,8-11,13H2,(H,21,22,25). The van der Waals surface area contributed by atoms with Gasteiger partial charge in [0.05, 0.1) is 5.02 Å². The quantitative estimate of drug-likeness (QED) is 0.874. The van der Waals surface area contributed by atoms with Gasteiger partial charge in [0.25, 0.3) is 5.91 Å². The summed E-state index contributed by atoms with van der Waals surface area (Å²) in [4.78, 5) is 30.4. The molecular weight excluding hydrogens is 354 g/mol. The molecule has 7 heteroatoms. The molecule has 1 fully saturated rings. The molecule has 3 rings (SSSR count). The molecule has 0 spiro atoms. The molecule has 1 aromatic heterocycles. The Labute approximate surface area is 157 Å². The summed E-state index contributed by atoms with van der Waals surface area (Å²) in [6.07, 6.45) is 2.73. The zero-order valence-electron chi connectivity index (χ0n) is 14.2. The number of nitrogens with one attached hydrogen (secondary N) is 1. The molecule has 0 bridgehead atoms. The second-order valence-corrected chi connectivity index (χ2v) is 6.54. The van der Waals surface area contributed by atoms with Crippen molar-refractivity contribution in [1.82, 2.24) is 9.88 Å². The van der Waals surface area contributed by atoms with Crippen LogP contribution < -0.4 is 10.1 Å². The van der Waals surface area contributed by atoms with Gasteiger partial charge in [0, 0.05) is 25.2 Å². The molecule has 0 radical (unpaired) electrons. The predicted molar refractivity (Wildman–Crippen MR) is 99.1 cm³/mol. The van der Waals surface area contributed by atoms with Crippen molar-refractivity contribution in [3.05, 3.63) is 53.7 Å². The third kappa shape index (κ3) is 4.95. The summed E-state index contributed by atoms with van der Waals surface area (Å²) < 4.78 is 5.49. The van der Waals surface area contributed by atoms with Crippen molar-refractivity contribution in [1.29, 1.82) is 0 Å². The number of hydrogen-bond acceptors (Lipinski definition) is 4. The number of rotatable bonds is 5. The van der Waals surface area contributed by atoms with E-state index in [9.17, 15) is 9.59 Å². The first kappa shape index (κ1) is 18.2. The van der Waals surface area contributed by atoms with Gasteiger partial charge in [-0.3, -0.25) is 9.59 Å². The van der Waals surface area contributed by atoms with Crippen molar-refractivity contribution in [2.45, 2.75) is 12.8 Å². The number of halogens is 1. The Morgan fingerprint density at radius 1 is 1.15 bits per heavy atom. The normalized spacial score (nSPS) is 14.7. The van der Waals surface area contributed by atoms with E-state index in [-0.39, 0.29) is 24.3 Å². The highest BCUT2D eigenvalue weighted by atomic mass is 35.5. The Balaban J connectivity index is 1.43. The molecule has 1 aromatic carbocycles. The summed E-state index contributed by atoms with van der Waals surface area (Å²) in [6.45, 7) is 1.10. The summed E-state index contributed by atoms with van der Waals surface area (Å²) in [5.41, 5.74) is 0. The van der Waals surface area contributed by atoms with Gasteiger partial charge in [-0.05, 0) is 37.1 Å². The fraction of sp³-hybridized carbons (Fsp3) is 0.316. The number of benzene rings is 1. The molecular formula is C19H20ClN3O3. The van der Waals surface area contributed by atoms with E-state index in [1.807, 2.05) is 30.3 Å². The lowest BCUT2D eigenvalue weighted by molar-refractivity contribution is -0.136. The van der Waals surface area contributed by atoms with Crippen LogP contribution in [-0.4, -0.2) is 41.4 Å². The van der Waals surface area contributed by atoms with E-state index >= 15 is 0 Å². The topological polar surface area (TPSA) is 71.5 Å². The van der Waals surface area contributed by atoms with E-state index < -0.39 is 0 Å². The third-order valence-electron chi connectivity index (χ3n) is 4.30. The molecule has 6 nitrogen and oxygen atoms in total. The van der Waals surface area contributed by atoms with Gasteiger partial charge in [0.2, 0.25) is 5.91 Å². The second-order valence-electron chi connectivity index (χ2n) is 6.11. The SMILES string of the molecule is O=C(Nc1ccc(Cl)cn1)C1CCN(C(=O)COc2ccccc2)CC1. The van der Waals surface area contributed by atoms with Gasteiger partial charge in [-0.2, -0.15) is 0 Å². The van der Waals surface area contributed by atoms with Crippen LogP contribution in [-0.2, 0) is 9.59 Å². The highest BCUT2D eigenvalue weighted by Gasteiger charge is 2.27. The zero-order chi connectivity index (χ0) is 18.4. The van der Waals surface area contributed by atoms with Gasteiger partial charge in [0.1, 0.15) is 11.6 Å². The first-order chi connectivity index (χ1) is 12.6. The van der Waals surface area contributed by atoms with Gasteiger partial charge in [-0.1, -0.05) is 29.8 Å². The Morgan fingerprint density at radius 3 is 2.54 bits per heavy atom. The van der Waals surface area contributed by atoms with Crippen LogP contribution in [0.1, 0.15) is 12.8 Å². The van der Waals surface area contributed by atoms with Crippen molar-refractivity contribution >= 4 is 29.2 Å². The zero-order valence-corrected chi connectivity index (χ0v) is 15.0. The van der Waals surface area contributed by atoms with Crippen molar-refractivity contribution in [2.75, 3.05) is 25.0 Å². The number of piperidine rings is 1. The summed E-state index contributed by atoms with van der Waals surface area (Å²) >= 11 is 5.78. The lowest BCUT2D eigenvalue weighted by Gasteiger charge is -2.31. The molecule has 1 aliphatic heterocycles. The molecule has 136 valence electrons. The van der Waals surface area contributed by atoms with Gasteiger partial charge in [0.15, 0.2) is 6.61 Å². The number of hydrogen-bond donors (Lipinski definition) is 1. The predicted octanol–water partition coefficient (Wildman–Crippen LogP) is 2.99. The number of likely N-dealkylation sites (tertiary alicyclic amines) is 1. The number of nitrogens with zero attached hydrogens (tertiary/aromatic N) is 2. The number of pyridine rings is 1. The molecule has 26 heavy (non-hydrogen) atoms. The number of anilines is 1. The van der Waals surface area contributed by atoms with Gasteiger partial charge < -0.3 is 15.0 Å². The first-order valence-electron chi connectivity index (χ1n) is 8.50. The van der Waals surface area contributed by atoms with Crippen LogP contribution >= 0.6 is 11.6 Å². The van der Waals surface area contributed by atoms with Gasteiger partial charge in [-0.15, -0.1) is 0 Å². The molecule has 1 aliphatic rings. The Morgan fingerprint density at radius 2 is 1.88 bits per heavy atom. The molecule has 0 unspecified atom stereocenters. The molecule has 2 amide bonds. The van der Waals surface area contributed by atoms with Crippen molar-refractivity contribution in [3.63, 3.8) is 0 Å². The number of carbonyl (C=O) groups excluding carboxylic acids is 2.